The average molecular weight is 734 g/mol. The maximum atomic E-state index is 14.5. The Bertz CT molecular complexity index is 1710. The molecule has 0 aromatic heterocycles. The first-order valence-electron chi connectivity index (χ1n) is 18.6. The summed E-state index contributed by atoms with van der Waals surface area (Å²) in [4.78, 5) is 40.2. The van der Waals surface area contributed by atoms with Crippen molar-refractivity contribution in [2.24, 2.45) is 17.8 Å². The molecule has 53 heavy (non-hydrogen) atoms. The van der Waals surface area contributed by atoms with Crippen LogP contribution >= 0.6 is 0 Å². The van der Waals surface area contributed by atoms with Gasteiger partial charge in [0.2, 0.25) is 0 Å². The topological polar surface area (TPSA) is 124 Å². The standard InChI is InChI=1S/C42H56FN3O7/c1-26(2)24-51-37-22-30(39(47)44-32-14-9-28(5)10-15-32)12-17-34(37)46-41(49)31-13-18-35(38(23-31)52-25-27(3)4)45-40(48)29-11-16-33(43)36(21-29)50-19-20-53-42(6,7)8/h11-13,16-18,21-23,26-28,32H,9-10,14-15,19-20,24-25H2,1-8H3,(H,44,47)(H,45,48)(H,46,49)/t28-,32-. The third-order valence-corrected chi connectivity index (χ3v) is 8.55. The first kappa shape index (κ1) is 41.1. The second-order valence-electron chi connectivity index (χ2n) is 15.6. The Morgan fingerprint density at radius 2 is 1.15 bits per heavy atom. The molecular weight excluding hydrogens is 677 g/mol. The van der Waals surface area contributed by atoms with Crippen LogP contribution in [0, 0.1) is 23.6 Å². The number of hydrogen-bond acceptors (Lipinski definition) is 7. The smallest absolute Gasteiger partial charge is 0.255 e. The van der Waals surface area contributed by atoms with Crippen molar-refractivity contribution in [2.45, 2.75) is 92.7 Å². The lowest BCUT2D eigenvalue weighted by atomic mass is 9.87. The molecule has 0 heterocycles. The van der Waals surface area contributed by atoms with E-state index >= 15 is 0 Å². The highest BCUT2D eigenvalue weighted by Crippen LogP contribution is 2.31. The SMILES string of the molecule is CC(C)COc1cc(C(=O)Nc2ccc(C(=O)N[C@H]3CC[C@H](C)CC3)cc2OCC(C)C)ccc1NC(=O)c1ccc(F)c(OCCOC(C)(C)C)c1. The molecule has 3 N–H and O–H groups in total. The number of ether oxygens (including phenoxy) is 4. The fraction of sp³-hybridized carbons (Fsp3) is 0.500. The molecule has 1 aliphatic carbocycles. The van der Waals surface area contributed by atoms with Gasteiger partial charge >= 0.3 is 0 Å². The Balaban J connectivity index is 1.50. The van der Waals surface area contributed by atoms with E-state index in [4.69, 9.17) is 18.9 Å². The Kier molecular flexibility index (Phi) is 14.7. The number of hydrogen-bond donors (Lipinski definition) is 3. The molecule has 3 aromatic rings. The lowest BCUT2D eigenvalue weighted by Gasteiger charge is -2.27. The van der Waals surface area contributed by atoms with Crippen LogP contribution in [0.2, 0.25) is 0 Å². The van der Waals surface area contributed by atoms with Gasteiger partial charge in [-0.3, -0.25) is 14.4 Å². The summed E-state index contributed by atoms with van der Waals surface area (Å²) in [6.45, 7) is 17.1. The van der Waals surface area contributed by atoms with Crippen molar-refractivity contribution < 1.29 is 37.7 Å². The first-order chi connectivity index (χ1) is 25.1. The van der Waals surface area contributed by atoms with Crippen LogP contribution in [0.15, 0.2) is 54.6 Å². The summed E-state index contributed by atoms with van der Waals surface area (Å²) in [5.41, 5.74) is 1.30. The number of carbonyl (C=O) groups excluding carboxylic acids is 3. The van der Waals surface area contributed by atoms with Crippen molar-refractivity contribution in [2.75, 3.05) is 37.1 Å². The van der Waals surface area contributed by atoms with Gasteiger partial charge < -0.3 is 34.9 Å². The zero-order valence-corrected chi connectivity index (χ0v) is 32.4. The molecule has 3 amide bonds. The minimum absolute atomic E-state index is 0.0669. The molecule has 0 radical (unpaired) electrons. The average Bonchev–Trinajstić information content (AvgIpc) is 3.10. The summed E-state index contributed by atoms with van der Waals surface area (Å²) in [5, 5.41) is 8.91. The van der Waals surface area contributed by atoms with Crippen LogP contribution < -0.4 is 30.2 Å². The summed E-state index contributed by atoms with van der Waals surface area (Å²) in [6.07, 6.45) is 4.10. The maximum Gasteiger partial charge on any atom is 0.255 e. The summed E-state index contributed by atoms with van der Waals surface area (Å²) < 4.78 is 37.8. The predicted molar refractivity (Wildman–Crippen MR) is 206 cm³/mol. The molecule has 0 atom stereocenters. The second-order valence-corrected chi connectivity index (χ2v) is 15.6. The van der Waals surface area contributed by atoms with Gasteiger partial charge in [0.15, 0.2) is 11.6 Å². The van der Waals surface area contributed by atoms with Gasteiger partial charge in [0.25, 0.3) is 17.7 Å². The van der Waals surface area contributed by atoms with Crippen molar-refractivity contribution in [1.82, 2.24) is 5.32 Å². The summed E-state index contributed by atoms with van der Waals surface area (Å²) in [5.74, 6) is -0.0522. The van der Waals surface area contributed by atoms with Crippen LogP contribution in [-0.4, -0.2) is 55.8 Å². The third-order valence-electron chi connectivity index (χ3n) is 8.55. The van der Waals surface area contributed by atoms with Crippen LogP contribution in [-0.2, 0) is 4.74 Å². The van der Waals surface area contributed by atoms with Gasteiger partial charge in [-0.15, -0.1) is 0 Å². The molecule has 11 heteroatoms. The summed E-state index contributed by atoms with van der Waals surface area (Å²) in [7, 11) is 0. The Hall–Kier alpha value is -4.64. The maximum absolute atomic E-state index is 14.5. The molecule has 0 spiro atoms. The van der Waals surface area contributed by atoms with Gasteiger partial charge in [0.1, 0.15) is 18.1 Å². The zero-order valence-electron chi connectivity index (χ0n) is 32.4. The highest BCUT2D eigenvalue weighted by molar-refractivity contribution is 6.08. The number of anilines is 2. The normalized spacial score (nSPS) is 15.9. The Labute approximate surface area is 313 Å². The van der Waals surface area contributed by atoms with Gasteiger partial charge in [-0.25, -0.2) is 4.39 Å². The van der Waals surface area contributed by atoms with Crippen molar-refractivity contribution in [3.8, 4) is 17.2 Å². The van der Waals surface area contributed by atoms with E-state index in [0.29, 0.717) is 41.8 Å². The van der Waals surface area contributed by atoms with E-state index in [-0.39, 0.29) is 65.2 Å². The molecule has 0 bridgehead atoms. The van der Waals surface area contributed by atoms with Crippen molar-refractivity contribution >= 4 is 29.1 Å². The number of carbonyl (C=O) groups is 3. The summed E-state index contributed by atoms with van der Waals surface area (Å²) in [6, 6.07) is 13.8. The molecule has 1 aliphatic rings. The zero-order chi connectivity index (χ0) is 38.7. The van der Waals surface area contributed by atoms with E-state index in [1.807, 2.05) is 48.5 Å². The second kappa shape index (κ2) is 18.9. The lowest BCUT2D eigenvalue weighted by molar-refractivity contribution is -0.0166. The third kappa shape index (κ3) is 13.1. The molecule has 1 saturated carbocycles. The van der Waals surface area contributed by atoms with E-state index < -0.39 is 17.6 Å². The molecular formula is C42H56FN3O7. The van der Waals surface area contributed by atoms with Gasteiger partial charge in [-0.05, 0) is 119 Å². The number of amides is 3. The lowest BCUT2D eigenvalue weighted by Crippen LogP contribution is -2.37. The number of nitrogens with one attached hydrogen (secondary N) is 3. The molecule has 4 rings (SSSR count). The molecule has 3 aromatic carbocycles. The number of rotatable bonds is 16. The van der Waals surface area contributed by atoms with Gasteiger partial charge in [-0.1, -0.05) is 34.6 Å². The highest BCUT2D eigenvalue weighted by Gasteiger charge is 2.22. The van der Waals surface area contributed by atoms with Crippen LogP contribution in [0.4, 0.5) is 15.8 Å². The van der Waals surface area contributed by atoms with E-state index in [2.05, 4.69) is 22.9 Å². The molecule has 10 nitrogen and oxygen atoms in total. The van der Waals surface area contributed by atoms with Crippen molar-refractivity contribution in [3.05, 3.63) is 77.1 Å². The molecule has 0 saturated heterocycles. The largest absolute Gasteiger partial charge is 0.491 e. The fourth-order valence-electron chi connectivity index (χ4n) is 5.60. The van der Waals surface area contributed by atoms with Crippen molar-refractivity contribution in [1.29, 1.82) is 0 Å². The van der Waals surface area contributed by atoms with Gasteiger partial charge in [0.05, 0.1) is 36.8 Å². The van der Waals surface area contributed by atoms with Crippen LogP contribution in [0.5, 0.6) is 17.2 Å². The van der Waals surface area contributed by atoms with Crippen LogP contribution in [0.25, 0.3) is 0 Å². The molecule has 0 unspecified atom stereocenters. The van der Waals surface area contributed by atoms with E-state index in [1.165, 1.54) is 18.2 Å². The highest BCUT2D eigenvalue weighted by atomic mass is 19.1. The fourth-order valence-corrected chi connectivity index (χ4v) is 5.60. The van der Waals surface area contributed by atoms with Crippen molar-refractivity contribution in [3.63, 3.8) is 0 Å². The van der Waals surface area contributed by atoms with E-state index in [0.717, 1.165) is 25.7 Å². The van der Waals surface area contributed by atoms with Gasteiger partial charge in [0, 0.05) is 22.7 Å². The Morgan fingerprint density at radius 3 is 1.64 bits per heavy atom. The minimum Gasteiger partial charge on any atom is -0.491 e. The molecule has 0 aliphatic heterocycles. The van der Waals surface area contributed by atoms with E-state index in [1.54, 1.807) is 36.4 Å². The van der Waals surface area contributed by atoms with Gasteiger partial charge in [-0.2, -0.15) is 0 Å². The Morgan fingerprint density at radius 1 is 0.679 bits per heavy atom. The van der Waals surface area contributed by atoms with Crippen LogP contribution in [0.1, 0.15) is 112 Å². The number of halogens is 1. The van der Waals surface area contributed by atoms with Crippen LogP contribution in [0.3, 0.4) is 0 Å². The first-order valence-corrected chi connectivity index (χ1v) is 18.6. The number of benzene rings is 3. The quantitative estimate of drug-likeness (QED) is 0.126. The van der Waals surface area contributed by atoms with E-state index in [9.17, 15) is 18.8 Å². The predicted octanol–water partition coefficient (Wildman–Crippen LogP) is 8.90. The monoisotopic (exact) mass is 733 g/mol. The summed E-state index contributed by atoms with van der Waals surface area (Å²) >= 11 is 0. The molecule has 1 fully saturated rings. The minimum atomic E-state index is -0.599. The molecule has 288 valence electrons.